The molecular formula is C20H22O2. The van der Waals surface area contributed by atoms with Crippen molar-refractivity contribution >= 4 is 6.08 Å². The standard InChI is InChI=1S/C20H22O2/c1-2-21-20-15-18(17-11-7-4-8-12-17)19(22-20)14-13-16-9-5-3-6-10-16/h3-14,18-20H,2,15H2,1H3/b14-13+/t18-,19-,20+/m1/s1. The molecule has 1 saturated heterocycles. The van der Waals surface area contributed by atoms with Crippen LogP contribution >= 0.6 is 0 Å². The highest BCUT2D eigenvalue weighted by atomic mass is 16.7. The summed E-state index contributed by atoms with van der Waals surface area (Å²) in [6, 6.07) is 20.9. The first-order valence-corrected chi connectivity index (χ1v) is 7.92. The van der Waals surface area contributed by atoms with E-state index in [1.807, 2.05) is 31.2 Å². The van der Waals surface area contributed by atoms with Gasteiger partial charge in [0.15, 0.2) is 6.29 Å². The summed E-state index contributed by atoms with van der Waals surface area (Å²) in [5.74, 6) is 0.345. The van der Waals surface area contributed by atoms with Crippen LogP contribution < -0.4 is 0 Å². The number of hydrogen-bond donors (Lipinski definition) is 0. The van der Waals surface area contributed by atoms with Crippen LogP contribution in [0.15, 0.2) is 66.7 Å². The van der Waals surface area contributed by atoms with Crippen LogP contribution in [0, 0.1) is 0 Å². The van der Waals surface area contributed by atoms with Gasteiger partial charge in [-0.3, -0.25) is 0 Å². The average Bonchev–Trinajstić information content (AvgIpc) is 2.98. The largest absolute Gasteiger partial charge is 0.353 e. The van der Waals surface area contributed by atoms with Crippen LogP contribution in [0.2, 0.25) is 0 Å². The molecule has 0 bridgehead atoms. The van der Waals surface area contributed by atoms with E-state index in [1.165, 1.54) is 11.1 Å². The van der Waals surface area contributed by atoms with Crippen molar-refractivity contribution in [3.8, 4) is 0 Å². The van der Waals surface area contributed by atoms with E-state index in [0.717, 1.165) is 6.42 Å². The van der Waals surface area contributed by atoms with Crippen LogP contribution in [0.1, 0.15) is 30.4 Å². The van der Waals surface area contributed by atoms with E-state index >= 15 is 0 Å². The topological polar surface area (TPSA) is 18.5 Å². The monoisotopic (exact) mass is 294 g/mol. The van der Waals surface area contributed by atoms with Crippen LogP contribution in [-0.4, -0.2) is 19.0 Å². The summed E-state index contributed by atoms with van der Waals surface area (Å²) in [6.07, 6.45) is 5.14. The second kappa shape index (κ2) is 7.39. The lowest BCUT2D eigenvalue weighted by Crippen LogP contribution is -2.13. The summed E-state index contributed by atoms with van der Waals surface area (Å²) in [5, 5.41) is 0. The molecule has 1 fully saturated rings. The molecule has 1 aliphatic rings. The van der Waals surface area contributed by atoms with E-state index in [4.69, 9.17) is 9.47 Å². The minimum absolute atomic E-state index is 0.0548. The molecule has 0 saturated carbocycles. The average molecular weight is 294 g/mol. The molecule has 3 atom stereocenters. The third kappa shape index (κ3) is 3.65. The first kappa shape index (κ1) is 15.0. The van der Waals surface area contributed by atoms with Crippen LogP contribution in [0.5, 0.6) is 0 Å². The SMILES string of the molecule is CCO[C@@H]1C[C@H](c2ccccc2)[C@@H](/C=C/c2ccccc2)O1. The molecule has 2 nitrogen and oxygen atoms in total. The molecule has 1 aliphatic heterocycles. The van der Waals surface area contributed by atoms with Gasteiger partial charge in [-0.25, -0.2) is 0 Å². The van der Waals surface area contributed by atoms with Crippen LogP contribution in [0.4, 0.5) is 0 Å². The van der Waals surface area contributed by atoms with E-state index in [2.05, 4.69) is 48.6 Å². The highest BCUT2D eigenvalue weighted by Gasteiger charge is 2.34. The molecule has 3 rings (SSSR count). The lowest BCUT2D eigenvalue weighted by Gasteiger charge is -2.15. The van der Waals surface area contributed by atoms with Gasteiger partial charge in [0.25, 0.3) is 0 Å². The Morgan fingerprint density at radius 1 is 1.05 bits per heavy atom. The Bertz CT molecular complexity index is 592. The van der Waals surface area contributed by atoms with Crippen molar-refractivity contribution in [1.29, 1.82) is 0 Å². The van der Waals surface area contributed by atoms with E-state index in [0.29, 0.717) is 12.5 Å². The maximum atomic E-state index is 6.08. The Morgan fingerprint density at radius 2 is 1.73 bits per heavy atom. The van der Waals surface area contributed by atoms with Gasteiger partial charge < -0.3 is 9.47 Å². The summed E-state index contributed by atoms with van der Waals surface area (Å²) < 4.78 is 11.8. The second-order valence-electron chi connectivity index (χ2n) is 5.51. The molecule has 0 spiro atoms. The van der Waals surface area contributed by atoms with Crippen molar-refractivity contribution in [2.75, 3.05) is 6.61 Å². The molecule has 0 radical (unpaired) electrons. The first-order valence-electron chi connectivity index (χ1n) is 7.92. The third-order valence-corrected chi connectivity index (χ3v) is 4.01. The molecule has 0 aromatic heterocycles. The molecular weight excluding hydrogens is 272 g/mol. The summed E-state index contributed by atoms with van der Waals surface area (Å²) in [5.41, 5.74) is 2.50. The van der Waals surface area contributed by atoms with Gasteiger partial charge in [0.1, 0.15) is 0 Å². The van der Waals surface area contributed by atoms with Gasteiger partial charge in [0.05, 0.1) is 6.10 Å². The molecule has 0 aliphatic carbocycles. The van der Waals surface area contributed by atoms with Crippen LogP contribution in [0.3, 0.4) is 0 Å². The van der Waals surface area contributed by atoms with Crippen molar-refractivity contribution in [1.82, 2.24) is 0 Å². The van der Waals surface area contributed by atoms with Gasteiger partial charge in [-0.2, -0.15) is 0 Å². The van der Waals surface area contributed by atoms with E-state index in [-0.39, 0.29) is 12.4 Å². The Balaban J connectivity index is 1.78. The van der Waals surface area contributed by atoms with Crippen molar-refractivity contribution in [2.24, 2.45) is 0 Å². The highest BCUT2D eigenvalue weighted by molar-refractivity contribution is 5.50. The number of rotatable bonds is 5. The van der Waals surface area contributed by atoms with Gasteiger partial charge in [-0.1, -0.05) is 72.8 Å². The zero-order valence-corrected chi connectivity index (χ0v) is 12.9. The smallest absolute Gasteiger partial charge is 0.159 e. The van der Waals surface area contributed by atoms with Crippen LogP contribution in [0.25, 0.3) is 6.08 Å². The minimum atomic E-state index is -0.111. The fourth-order valence-corrected chi connectivity index (χ4v) is 2.94. The quantitative estimate of drug-likeness (QED) is 0.800. The molecule has 0 unspecified atom stereocenters. The summed E-state index contributed by atoms with van der Waals surface area (Å²) in [6.45, 7) is 2.69. The van der Waals surface area contributed by atoms with Gasteiger partial charge in [-0.05, 0) is 18.1 Å². The Hall–Kier alpha value is -1.90. The Labute approximate surface area is 132 Å². The summed E-state index contributed by atoms with van der Waals surface area (Å²) in [7, 11) is 0. The number of ether oxygens (including phenoxy) is 2. The molecule has 2 heteroatoms. The fourth-order valence-electron chi connectivity index (χ4n) is 2.94. The number of benzene rings is 2. The van der Waals surface area contributed by atoms with Gasteiger partial charge in [0, 0.05) is 18.9 Å². The molecule has 2 aromatic carbocycles. The van der Waals surface area contributed by atoms with E-state index in [1.54, 1.807) is 0 Å². The predicted molar refractivity (Wildman–Crippen MR) is 89.6 cm³/mol. The third-order valence-electron chi connectivity index (χ3n) is 4.01. The normalized spacial score (nSPS) is 24.9. The minimum Gasteiger partial charge on any atom is -0.353 e. The zero-order chi connectivity index (χ0) is 15.2. The molecule has 114 valence electrons. The van der Waals surface area contributed by atoms with E-state index < -0.39 is 0 Å². The lowest BCUT2D eigenvalue weighted by atomic mass is 9.92. The second-order valence-corrected chi connectivity index (χ2v) is 5.51. The van der Waals surface area contributed by atoms with Gasteiger partial charge >= 0.3 is 0 Å². The first-order chi connectivity index (χ1) is 10.9. The fraction of sp³-hybridized carbons (Fsp3) is 0.300. The zero-order valence-electron chi connectivity index (χ0n) is 12.9. The summed E-state index contributed by atoms with van der Waals surface area (Å²) in [4.78, 5) is 0. The number of hydrogen-bond acceptors (Lipinski definition) is 2. The van der Waals surface area contributed by atoms with E-state index in [9.17, 15) is 0 Å². The lowest BCUT2D eigenvalue weighted by molar-refractivity contribution is -0.120. The van der Waals surface area contributed by atoms with Gasteiger partial charge in [-0.15, -0.1) is 0 Å². The maximum Gasteiger partial charge on any atom is 0.159 e. The molecule has 2 aromatic rings. The van der Waals surface area contributed by atoms with Crippen molar-refractivity contribution in [3.05, 3.63) is 77.9 Å². The van der Waals surface area contributed by atoms with Gasteiger partial charge in [0.2, 0.25) is 0 Å². The Kier molecular flexibility index (Phi) is 5.04. The summed E-state index contributed by atoms with van der Waals surface area (Å²) >= 11 is 0. The van der Waals surface area contributed by atoms with Crippen molar-refractivity contribution < 1.29 is 9.47 Å². The predicted octanol–water partition coefficient (Wildman–Crippen LogP) is 4.64. The molecule has 1 heterocycles. The van der Waals surface area contributed by atoms with Crippen LogP contribution in [-0.2, 0) is 9.47 Å². The molecule has 22 heavy (non-hydrogen) atoms. The Morgan fingerprint density at radius 3 is 2.41 bits per heavy atom. The molecule has 0 amide bonds. The molecule has 0 N–H and O–H groups in total. The maximum absolute atomic E-state index is 6.08. The van der Waals surface area contributed by atoms with Crippen molar-refractivity contribution in [2.45, 2.75) is 31.7 Å². The highest BCUT2D eigenvalue weighted by Crippen LogP contribution is 2.36. The van der Waals surface area contributed by atoms with Crippen molar-refractivity contribution in [3.63, 3.8) is 0 Å².